The first-order valence-corrected chi connectivity index (χ1v) is 3.82. The number of rotatable bonds is 4. The van der Waals surface area contributed by atoms with Gasteiger partial charge in [-0.25, -0.2) is 4.79 Å². The molecule has 6 heteroatoms. The predicted molar refractivity (Wildman–Crippen MR) is 47.7 cm³/mol. The van der Waals surface area contributed by atoms with Gasteiger partial charge in [-0.05, 0) is 25.6 Å². The molecule has 0 unspecified atom stereocenters. The van der Waals surface area contributed by atoms with Gasteiger partial charge in [-0.15, -0.1) is 0 Å². The topological polar surface area (TPSA) is 38.8 Å². The number of ether oxygens (including phenoxy) is 2. The third kappa shape index (κ3) is 6.33. The van der Waals surface area contributed by atoms with Crippen molar-refractivity contribution in [2.45, 2.75) is 6.42 Å². The highest BCUT2D eigenvalue weighted by atomic mass is 32.2. The maximum atomic E-state index is 10.6. The largest absolute Gasteiger partial charge is 0.448 e. The lowest BCUT2D eigenvalue weighted by Crippen LogP contribution is -2.14. The van der Waals surface area contributed by atoms with Crippen molar-refractivity contribution in [3.8, 4) is 0 Å². The average Bonchev–Trinajstić information content (AvgIpc) is 1.97. The van der Waals surface area contributed by atoms with Crippen LogP contribution in [0.3, 0.4) is 0 Å². The number of hydrogen-bond donors (Lipinski definition) is 2. The zero-order valence-electron chi connectivity index (χ0n) is 6.19. The third-order valence-corrected chi connectivity index (χ3v) is 1.21. The summed E-state index contributed by atoms with van der Waals surface area (Å²) in [4.78, 5) is 10.6. The standard InChI is InChI=1S/C5H11NO3S2/c1-8-3-2-4-9-5(7)6(10)11/h10-11H,2-4H2,1H3. The van der Waals surface area contributed by atoms with E-state index in [1.807, 2.05) is 0 Å². The van der Waals surface area contributed by atoms with Crippen molar-refractivity contribution < 1.29 is 14.3 Å². The Balaban J connectivity index is 3.18. The molecule has 0 bridgehead atoms. The third-order valence-electron chi connectivity index (χ3n) is 0.882. The number of amides is 1. The molecule has 0 aromatic rings. The number of carbonyl (C=O) groups excluding carboxylic acids is 1. The molecule has 0 N–H and O–H groups in total. The molecule has 0 atom stereocenters. The normalized spacial score (nSPS) is 9.36. The Morgan fingerprint density at radius 1 is 1.45 bits per heavy atom. The maximum absolute atomic E-state index is 10.6. The van der Waals surface area contributed by atoms with Crippen LogP contribution in [0.15, 0.2) is 0 Å². The lowest BCUT2D eigenvalue weighted by atomic mass is 10.5. The zero-order chi connectivity index (χ0) is 8.69. The van der Waals surface area contributed by atoms with E-state index in [-0.39, 0.29) is 0 Å². The van der Waals surface area contributed by atoms with Crippen molar-refractivity contribution in [3.63, 3.8) is 0 Å². The fourth-order valence-electron chi connectivity index (χ4n) is 0.420. The summed E-state index contributed by atoms with van der Waals surface area (Å²) < 4.78 is 10.2. The predicted octanol–water partition coefficient (Wildman–Crippen LogP) is 1.15. The second-order valence-corrected chi connectivity index (χ2v) is 2.87. The molecule has 0 heterocycles. The molecule has 0 aromatic heterocycles. The van der Waals surface area contributed by atoms with E-state index in [0.29, 0.717) is 19.6 Å². The van der Waals surface area contributed by atoms with E-state index >= 15 is 0 Å². The molecule has 0 aliphatic heterocycles. The van der Waals surface area contributed by atoms with Gasteiger partial charge < -0.3 is 9.47 Å². The molecule has 0 aliphatic rings. The van der Waals surface area contributed by atoms with Gasteiger partial charge in [0.1, 0.15) is 0 Å². The lowest BCUT2D eigenvalue weighted by Gasteiger charge is -2.07. The van der Waals surface area contributed by atoms with E-state index in [2.05, 4.69) is 30.4 Å². The van der Waals surface area contributed by atoms with Gasteiger partial charge in [0.15, 0.2) is 0 Å². The summed E-state index contributed by atoms with van der Waals surface area (Å²) in [6.45, 7) is 0.900. The minimum absolute atomic E-state index is 0.324. The van der Waals surface area contributed by atoms with Gasteiger partial charge in [0, 0.05) is 20.1 Å². The Kier molecular flexibility index (Phi) is 6.59. The molecule has 0 spiro atoms. The highest BCUT2D eigenvalue weighted by Crippen LogP contribution is 2.00. The van der Waals surface area contributed by atoms with E-state index in [1.54, 1.807) is 7.11 Å². The monoisotopic (exact) mass is 197 g/mol. The zero-order valence-corrected chi connectivity index (χ0v) is 7.98. The van der Waals surface area contributed by atoms with Crippen LogP contribution in [-0.4, -0.2) is 30.1 Å². The summed E-state index contributed by atoms with van der Waals surface area (Å²) in [6, 6.07) is 0. The van der Waals surface area contributed by atoms with Crippen LogP contribution >= 0.6 is 25.6 Å². The molecule has 4 nitrogen and oxygen atoms in total. The number of thiol groups is 2. The van der Waals surface area contributed by atoms with Gasteiger partial charge in [0.25, 0.3) is 0 Å². The van der Waals surface area contributed by atoms with Crippen LogP contribution in [0, 0.1) is 0 Å². The molecule has 11 heavy (non-hydrogen) atoms. The number of hydrogen-bond acceptors (Lipinski definition) is 5. The number of methoxy groups -OCH3 is 1. The second kappa shape index (κ2) is 6.63. The van der Waals surface area contributed by atoms with Gasteiger partial charge in [0.2, 0.25) is 0 Å². The quantitative estimate of drug-likeness (QED) is 0.524. The van der Waals surface area contributed by atoms with Crippen molar-refractivity contribution in [2.75, 3.05) is 20.3 Å². The lowest BCUT2D eigenvalue weighted by molar-refractivity contribution is 0.121. The summed E-state index contributed by atoms with van der Waals surface area (Å²) in [5, 5.41) is 0. The van der Waals surface area contributed by atoms with E-state index in [4.69, 9.17) is 4.74 Å². The minimum atomic E-state index is -0.576. The highest BCUT2D eigenvalue weighted by Gasteiger charge is 2.04. The summed E-state index contributed by atoms with van der Waals surface area (Å²) >= 11 is 7.22. The first kappa shape index (κ1) is 10.9. The van der Waals surface area contributed by atoms with E-state index < -0.39 is 6.09 Å². The molecule has 0 saturated carbocycles. The molecule has 66 valence electrons. The molecule has 0 saturated heterocycles. The van der Waals surface area contributed by atoms with Crippen LogP contribution < -0.4 is 0 Å². The molecule has 1 amide bonds. The molecule has 0 fully saturated rings. The Morgan fingerprint density at radius 3 is 2.55 bits per heavy atom. The Labute approximate surface area is 76.9 Å². The van der Waals surface area contributed by atoms with Gasteiger partial charge in [-0.1, -0.05) is 0 Å². The van der Waals surface area contributed by atoms with Gasteiger partial charge in [-0.3, -0.25) is 0 Å². The first-order chi connectivity index (χ1) is 5.18. The van der Waals surface area contributed by atoms with Crippen LogP contribution in [0.25, 0.3) is 0 Å². The van der Waals surface area contributed by atoms with Gasteiger partial charge in [-0.2, -0.15) is 3.71 Å². The van der Waals surface area contributed by atoms with Crippen LogP contribution in [0.2, 0.25) is 0 Å². The van der Waals surface area contributed by atoms with Gasteiger partial charge in [0.05, 0.1) is 6.61 Å². The van der Waals surface area contributed by atoms with E-state index in [9.17, 15) is 4.79 Å². The van der Waals surface area contributed by atoms with Crippen molar-refractivity contribution in [2.24, 2.45) is 0 Å². The van der Waals surface area contributed by atoms with E-state index in [0.717, 1.165) is 3.71 Å². The van der Waals surface area contributed by atoms with Gasteiger partial charge >= 0.3 is 6.09 Å². The Morgan fingerprint density at radius 2 is 2.09 bits per heavy atom. The Bertz CT molecular complexity index is 120. The highest BCUT2D eigenvalue weighted by molar-refractivity contribution is 7.94. The van der Waals surface area contributed by atoms with E-state index in [1.165, 1.54) is 0 Å². The maximum Gasteiger partial charge on any atom is 0.429 e. The number of carbonyl (C=O) groups is 1. The van der Waals surface area contributed by atoms with Crippen LogP contribution in [0.1, 0.15) is 6.42 Å². The fourth-order valence-corrected chi connectivity index (χ4v) is 0.536. The number of nitrogens with zero attached hydrogens (tertiary/aromatic N) is 1. The summed E-state index contributed by atoms with van der Waals surface area (Å²) in [5.41, 5.74) is 0. The first-order valence-electron chi connectivity index (χ1n) is 3.02. The summed E-state index contributed by atoms with van der Waals surface area (Å²) in [5.74, 6) is 0. The van der Waals surface area contributed by atoms with Crippen molar-refractivity contribution >= 4 is 31.7 Å². The minimum Gasteiger partial charge on any atom is -0.448 e. The Hall–Kier alpha value is -0.0700. The van der Waals surface area contributed by atoms with Crippen LogP contribution in [-0.2, 0) is 9.47 Å². The summed E-state index contributed by atoms with van der Waals surface area (Å²) in [7, 11) is 1.59. The molecule has 0 radical (unpaired) electrons. The average molecular weight is 197 g/mol. The van der Waals surface area contributed by atoms with Crippen molar-refractivity contribution in [1.82, 2.24) is 3.71 Å². The van der Waals surface area contributed by atoms with Crippen molar-refractivity contribution in [1.29, 1.82) is 0 Å². The van der Waals surface area contributed by atoms with Crippen LogP contribution in [0.4, 0.5) is 4.79 Å². The molecule has 0 aromatic carbocycles. The molecule has 0 aliphatic carbocycles. The fraction of sp³-hybridized carbons (Fsp3) is 0.800. The van der Waals surface area contributed by atoms with Crippen molar-refractivity contribution in [3.05, 3.63) is 0 Å². The summed E-state index contributed by atoms with van der Waals surface area (Å²) in [6.07, 6.45) is 0.102. The van der Waals surface area contributed by atoms with Crippen LogP contribution in [0.5, 0.6) is 0 Å². The molecular weight excluding hydrogens is 186 g/mol. The smallest absolute Gasteiger partial charge is 0.429 e. The molecule has 0 rings (SSSR count). The SMILES string of the molecule is COCCCOC(=O)N(S)S. The molecular formula is C5H11NO3S2. The second-order valence-electron chi connectivity index (χ2n) is 1.75.